The third-order valence-electron chi connectivity index (χ3n) is 4.75. The normalized spacial score (nSPS) is 11.8. The topological polar surface area (TPSA) is 84.3 Å². The Morgan fingerprint density at radius 3 is 2.22 bits per heavy atom. The zero-order chi connectivity index (χ0) is 26.6. The highest BCUT2D eigenvalue weighted by Crippen LogP contribution is 2.30. The first-order valence-electron chi connectivity index (χ1n) is 10.5. The van der Waals surface area contributed by atoms with Gasteiger partial charge in [0.1, 0.15) is 11.6 Å². The summed E-state index contributed by atoms with van der Waals surface area (Å²) < 4.78 is 55.6. The second kappa shape index (κ2) is 11.0. The highest BCUT2D eigenvalue weighted by atomic mass is 35.5. The van der Waals surface area contributed by atoms with Gasteiger partial charge >= 0.3 is 6.36 Å². The van der Waals surface area contributed by atoms with Crippen molar-refractivity contribution in [3.05, 3.63) is 88.2 Å². The molecule has 0 amide bonds. The van der Waals surface area contributed by atoms with E-state index in [1.807, 2.05) is 0 Å². The van der Waals surface area contributed by atoms with Crippen molar-refractivity contribution in [3.63, 3.8) is 0 Å². The van der Waals surface area contributed by atoms with Crippen molar-refractivity contribution in [3.8, 4) is 17.1 Å². The number of nitrogens with one attached hydrogen (secondary N) is 2. The molecule has 0 aliphatic carbocycles. The van der Waals surface area contributed by atoms with Crippen molar-refractivity contribution in [2.24, 2.45) is 5.10 Å². The Morgan fingerprint density at radius 1 is 0.892 bits per heavy atom. The molecule has 0 unspecified atom stereocenters. The number of alkyl halides is 3. The summed E-state index contributed by atoms with van der Waals surface area (Å²) >= 11 is 12.1. The van der Waals surface area contributed by atoms with Crippen LogP contribution in [0.15, 0.2) is 71.8 Å². The molecule has 0 aliphatic heterocycles. The molecule has 0 aliphatic rings. The van der Waals surface area contributed by atoms with E-state index in [9.17, 15) is 17.6 Å². The summed E-state index contributed by atoms with van der Waals surface area (Å²) in [6.07, 6.45) is -4.79. The van der Waals surface area contributed by atoms with Gasteiger partial charge in [-0.05, 0) is 73.2 Å². The SMILES string of the molecule is C/C(=N\Nc1nc(Nc2ccc(Cl)cc2)nc(-c2c(F)cccc2Cl)n1)c1ccc(OC(F)(F)F)cc1. The number of hydrazone groups is 1. The van der Waals surface area contributed by atoms with Gasteiger partial charge in [0.2, 0.25) is 11.9 Å². The zero-order valence-electron chi connectivity index (χ0n) is 18.8. The fourth-order valence-electron chi connectivity index (χ4n) is 3.06. The van der Waals surface area contributed by atoms with Crippen molar-refractivity contribution >= 4 is 46.5 Å². The van der Waals surface area contributed by atoms with Gasteiger partial charge in [-0.1, -0.05) is 29.3 Å². The Bertz CT molecular complexity index is 1410. The van der Waals surface area contributed by atoms with E-state index >= 15 is 0 Å². The van der Waals surface area contributed by atoms with Crippen LogP contribution < -0.4 is 15.5 Å². The number of anilines is 3. The first kappa shape index (κ1) is 26.1. The number of hydrogen-bond donors (Lipinski definition) is 2. The summed E-state index contributed by atoms with van der Waals surface area (Å²) in [4.78, 5) is 12.8. The van der Waals surface area contributed by atoms with Gasteiger partial charge in [0.05, 0.1) is 16.3 Å². The predicted molar refractivity (Wildman–Crippen MR) is 134 cm³/mol. The smallest absolute Gasteiger partial charge is 0.406 e. The Labute approximate surface area is 218 Å². The van der Waals surface area contributed by atoms with Crippen molar-refractivity contribution in [2.75, 3.05) is 10.7 Å². The molecular weight excluding hydrogens is 535 g/mol. The van der Waals surface area contributed by atoms with E-state index in [1.165, 1.54) is 30.3 Å². The van der Waals surface area contributed by atoms with E-state index in [1.54, 1.807) is 31.2 Å². The third kappa shape index (κ3) is 7.05. The maximum absolute atomic E-state index is 14.6. The average Bonchev–Trinajstić information content (AvgIpc) is 2.83. The minimum absolute atomic E-state index is 0.0327. The summed E-state index contributed by atoms with van der Waals surface area (Å²) in [6.45, 7) is 1.62. The molecule has 1 heterocycles. The Balaban J connectivity index is 1.64. The van der Waals surface area contributed by atoms with E-state index in [0.29, 0.717) is 22.0 Å². The molecule has 37 heavy (non-hydrogen) atoms. The van der Waals surface area contributed by atoms with E-state index in [4.69, 9.17) is 23.2 Å². The largest absolute Gasteiger partial charge is 0.573 e. The first-order chi connectivity index (χ1) is 17.6. The molecule has 0 bridgehead atoms. The summed E-state index contributed by atoms with van der Waals surface area (Å²) in [5.41, 5.74) is 4.15. The maximum atomic E-state index is 14.6. The van der Waals surface area contributed by atoms with Crippen molar-refractivity contribution in [1.29, 1.82) is 0 Å². The molecule has 7 nitrogen and oxygen atoms in total. The van der Waals surface area contributed by atoms with Crippen LogP contribution in [0.4, 0.5) is 35.1 Å². The Morgan fingerprint density at radius 2 is 1.57 bits per heavy atom. The lowest BCUT2D eigenvalue weighted by Gasteiger charge is -2.11. The summed E-state index contributed by atoms with van der Waals surface area (Å²) in [7, 11) is 0. The van der Waals surface area contributed by atoms with Crippen LogP contribution in [0.2, 0.25) is 10.0 Å². The highest BCUT2D eigenvalue weighted by molar-refractivity contribution is 6.33. The third-order valence-corrected chi connectivity index (χ3v) is 5.32. The van der Waals surface area contributed by atoms with Crippen LogP contribution in [0, 0.1) is 5.82 Å². The highest BCUT2D eigenvalue weighted by Gasteiger charge is 2.31. The average molecular weight is 551 g/mol. The summed E-state index contributed by atoms with van der Waals surface area (Å²) in [6, 6.07) is 16.0. The lowest BCUT2D eigenvalue weighted by Crippen LogP contribution is -2.17. The molecule has 0 saturated carbocycles. The number of nitrogens with zero attached hydrogens (tertiary/aromatic N) is 4. The van der Waals surface area contributed by atoms with Crippen molar-refractivity contribution in [2.45, 2.75) is 13.3 Å². The van der Waals surface area contributed by atoms with Crippen LogP contribution in [0.25, 0.3) is 11.4 Å². The molecule has 0 radical (unpaired) electrons. The molecular formula is C24H16Cl2F4N6O. The number of rotatable bonds is 7. The fourth-order valence-corrected chi connectivity index (χ4v) is 3.44. The van der Waals surface area contributed by atoms with Gasteiger partial charge in [-0.2, -0.15) is 20.1 Å². The molecule has 2 N–H and O–H groups in total. The van der Waals surface area contributed by atoms with Gasteiger partial charge in [-0.15, -0.1) is 13.2 Å². The van der Waals surface area contributed by atoms with Gasteiger partial charge in [-0.25, -0.2) is 9.82 Å². The Hall–Kier alpha value is -3.96. The number of benzene rings is 3. The first-order valence-corrected chi connectivity index (χ1v) is 11.2. The van der Waals surface area contributed by atoms with Gasteiger partial charge in [0.25, 0.3) is 0 Å². The molecule has 4 aromatic rings. The molecule has 0 atom stereocenters. The Kier molecular flexibility index (Phi) is 7.74. The molecule has 1 aromatic heterocycles. The second-order valence-electron chi connectivity index (χ2n) is 7.42. The molecule has 3 aromatic carbocycles. The van der Waals surface area contributed by atoms with E-state index in [0.717, 1.165) is 12.1 Å². The van der Waals surface area contributed by atoms with Crippen molar-refractivity contribution in [1.82, 2.24) is 15.0 Å². The minimum Gasteiger partial charge on any atom is -0.406 e. The van der Waals surface area contributed by atoms with Crippen molar-refractivity contribution < 1.29 is 22.3 Å². The standard InChI is InChI=1S/C24H16Cl2F4N6O/c1-13(14-5-11-17(12-6-14)37-24(28,29)30)35-36-23-33-21(20-18(26)3-2-4-19(20)27)32-22(34-23)31-16-9-7-15(25)8-10-16/h2-12H,1H3,(H2,31,32,33,34,36)/b35-13+. The number of hydrogen-bond acceptors (Lipinski definition) is 7. The molecule has 0 saturated heterocycles. The van der Waals surface area contributed by atoms with Crippen LogP contribution in [0.5, 0.6) is 5.75 Å². The van der Waals surface area contributed by atoms with E-state index < -0.39 is 12.2 Å². The molecule has 0 spiro atoms. The number of halogens is 6. The summed E-state index contributed by atoms with van der Waals surface area (Å²) in [5, 5.41) is 7.80. The maximum Gasteiger partial charge on any atom is 0.573 e. The lowest BCUT2D eigenvalue weighted by molar-refractivity contribution is -0.274. The monoisotopic (exact) mass is 550 g/mol. The van der Waals surface area contributed by atoms with Gasteiger partial charge in [0, 0.05) is 10.7 Å². The van der Waals surface area contributed by atoms with Crippen LogP contribution >= 0.6 is 23.2 Å². The predicted octanol–water partition coefficient (Wildman–Crippen LogP) is 7.46. The quantitative estimate of drug-likeness (QED) is 0.141. The second-order valence-corrected chi connectivity index (χ2v) is 8.26. The van der Waals surface area contributed by atoms with Crippen LogP contribution in [0.3, 0.4) is 0 Å². The molecule has 13 heteroatoms. The fraction of sp³-hybridized carbons (Fsp3) is 0.0833. The van der Waals surface area contributed by atoms with Gasteiger partial charge in [-0.3, -0.25) is 0 Å². The zero-order valence-corrected chi connectivity index (χ0v) is 20.3. The summed E-state index contributed by atoms with van der Waals surface area (Å²) in [5.74, 6) is -1.03. The van der Waals surface area contributed by atoms with E-state index in [-0.39, 0.29) is 34.1 Å². The van der Waals surface area contributed by atoms with Crippen LogP contribution in [-0.4, -0.2) is 27.0 Å². The molecule has 190 valence electrons. The number of aromatic nitrogens is 3. The van der Waals surface area contributed by atoms with Gasteiger partial charge < -0.3 is 10.1 Å². The molecule has 0 fully saturated rings. The lowest BCUT2D eigenvalue weighted by atomic mass is 10.1. The van der Waals surface area contributed by atoms with Crippen LogP contribution in [-0.2, 0) is 0 Å². The minimum atomic E-state index is -4.79. The van der Waals surface area contributed by atoms with Crippen LogP contribution in [0.1, 0.15) is 12.5 Å². The molecule has 4 rings (SSSR count). The number of ether oxygens (including phenoxy) is 1. The van der Waals surface area contributed by atoms with E-state index in [2.05, 4.69) is 35.5 Å². The van der Waals surface area contributed by atoms with Gasteiger partial charge in [0.15, 0.2) is 5.82 Å².